The lowest BCUT2D eigenvalue weighted by Crippen LogP contribution is -2.33. The first kappa shape index (κ1) is 17.6. The fraction of sp³-hybridized carbons (Fsp3) is 0.500. The second-order valence-electron chi connectivity index (χ2n) is 5.84. The number of rotatable bonds is 5. The van der Waals surface area contributed by atoms with Crippen LogP contribution in [0.15, 0.2) is 35.3 Å². The first-order chi connectivity index (χ1) is 11.2. The Morgan fingerprint density at radius 1 is 1.22 bits per heavy atom. The lowest BCUT2D eigenvalue weighted by Gasteiger charge is -2.26. The Bertz CT molecular complexity index is 630. The van der Waals surface area contributed by atoms with Crippen LogP contribution in [0.3, 0.4) is 0 Å². The van der Waals surface area contributed by atoms with Crippen molar-refractivity contribution >= 4 is 16.5 Å². The van der Waals surface area contributed by atoms with E-state index in [2.05, 4.69) is 11.5 Å². The summed E-state index contributed by atoms with van der Waals surface area (Å²) < 4.78 is 11.6. The number of allylic oxidation sites excluding steroid dienone is 1. The van der Waals surface area contributed by atoms with Crippen molar-refractivity contribution in [3.05, 3.63) is 36.6 Å². The molecule has 0 unspecified atom stereocenters. The van der Waals surface area contributed by atoms with E-state index in [1.807, 2.05) is 45.0 Å². The van der Waals surface area contributed by atoms with Gasteiger partial charge in [0, 0.05) is 19.4 Å². The number of hydrogen-bond donors (Lipinski definition) is 0. The number of hydrogen-bond acceptors (Lipinski definition) is 3. The van der Waals surface area contributed by atoms with Crippen molar-refractivity contribution < 1.29 is 10.6 Å². The minimum Gasteiger partial charge on any atom is -0.492 e. The van der Waals surface area contributed by atoms with Gasteiger partial charge in [0.25, 0.3) is 0 Å². The maximum absolute atomic E-state index is 5.86. The van der Waals surface area contributed by atoms with E-state index in [1.54, 1.807) is 0 Å². The number of nitrogens with zero attached hydrogens (tertiary/aromatic N) is 1. The fourth-order valence-corrected chi connectivity index (χ4v) is 2.79. The normalized spacial score (nSPS) is 15.1. The standard InChI is InChI=1S/C18H23NO2.C2H6.H2/c1-14(2)17-12-15-6-7-16(13-18(15)21-17)20-11-10-19-8-4-3-5-9-19;1-2;/h6-7,12-13H,1,3-5,8-11H2,2H3;1-2H3;1H. The number of ether oxygens (including phenoxy) is 1. The summed E-state index contributed by atoms with van der Waals surface area (Å²) in [6.07, 6.45) is 4.02. The molecule has 2 heterocycles. The van der Waals surface area contributed by atoms with Crippen LogP contribution in [-0.4, -0.2) is 31.1 Å². The molecule has 1 aliphatic rings. The Kier molecular flexibility index (Phi) is 6.72. The predicted octanol–water partition coefficient (Wildman–Crippen LogP) is 5.60. The van der Waals surface area contributed by atoms with Crippen LogP contribution in [0, 0.1) is 0 Å². The average Bonchev–Trinajstić information content (AvgIpc) is 3.01. The molecule has 0 amide bonds. The summed E-state index contributed by atoms with van der Waals surface area (Å²) in [4.78, 5) is 2.48. The number of furan rings is 1. The summed E-state index contributed by atoms with van der Waals surface area (Å²) in [6, 6.07) is 8.05. The van der Waals surface area contributed by atoms with Gasteiger partial charge >= 0.3 is 0 Å². The van der Waals surface area contributed by atoms with Crippen molar-refractivity contribution in [3.8, 4) is 5.75 Å². The molecule has 0 bridgehead atoms. The van der Waals surface area contributed by atoms with Gasteiger partial charge in [0.05, 0.1) is 0 Å². The van der Waals surface area contributed by atoms with Crippen LogP contribution >= 0.6 is 0 Å². The third kappa shape index (κ3) is 4.87. The fourth-order valence-electron chi connectivity index (χ4n) is 2.79. The Balaban J connectivity index is 0.000000925. The van der Waals surface area contributed by atoms with Crippen LogP contribution in [0.4, 0.5) is 0 Å². The molecule has 1 aromatic carbocycles. The topological polar surface area (TPSA) is 25.6 Å². The first-order valence-electron chi connectivity index (χ1n) is 8.77. The molecular weight excluding hydrogens is 286 g/mol. The van der Waals surface area contributed by atoms with Gasteiger partial charge in [-0.05, 0) is 56.6 Å². The number of fused-ring (bicyclic) bond motifs is 1. The molecule has 1 aliphatic heterocycles. The highest BCUT2D eigenvalue weighted by molar-refractivity contribution is 5.82. The SMILES string of the molecule is C=C(C)c1cc2ccc(OCCN3CCCCC3)cc2o1.CC.[HH]. The van der Waals surface area contributed by atoms with Crippen LogP contribution in [0.25, 0.3) is 16.5 Å². The van der Waals surface area contributed by atoms with E-state index in [-0.39, 0.29) is 1.43 Å². The molecule has 0 aliphatic carbocycles. The van der Waals surface area contributed by atoms with Crippen molar-refractivity contribution in [2.24, 2.45) is 0 Å². The second kappa shape index (κ2) is 8.78. The van der Waals surface area contributed by atoms with Crippen molar-refractivity contribution in [1.82, 2.24) is 4.90 Å². The molecule has 3 rings (SSSR count). The zero-order valence-corrected chi connectivity index (χ0v) is 14.7. The van der Waals surface area contributed by atoms with E-state index in [1.165, 1.54) is 32.4 Å². The molecule has 3 nitrogen and oxygen atoms in total. The Hall–Kier alpha value is -1.74. The number of benzene rings is 1. The maximum Gasteiger partial charge on any atom is 0.138 e. The van der Waals surface area contributed by atoms with Gasteiger partial charge in [-0.1, -0.05) is 26.8 Å². The van der Waals surface area contributed by atoms with Gasteiger partial charge in [0.2, 0.25) is 0 Å². The van der Waals surface area contributed by atoms with Crippen molar-refractivity contribution in [2.75, 3.05) is 26.2 Å². The van der Waals surface area contributed by atoms with Gasteiger partial charge in [-0.25, -0.2) is 0 Å². The van der Waals surface area contributed by atoms with E-state index < -0.39 is 0 Å². The van der Waals surface area contributed by atoms with Crippen LogP contribution in [0.5, 0.6) is 5.75 Å². The van der Waals surface area contributed by atoms with Gasteiger partial charge in [-0.3, -0.25) is 4.90 Å². The van der Waals surface area contributed by atoms with Crippen LogP contribution < -0.4 is 4.74 Å². The monoisotopic (exact) mass is 317 g/mol. The summed E-state index contributed by atoms with van der Waals surface area (Å²) >= 11 is 0. The van der Waals surface area contributed by atoms with Gasteiger partial charge in [0.15, 0.2) is 0 Å². The molecule has 0 N–H and O–H groups in total. The summed E-state index contributed by atoms with van der Waals surface area (Å²) in [6.45, 7) is 14.0. The number of likely N-dealkylation sites (tertiary alicyclic amines) is 1. The van der Waals surface area contributed by atoms with Gasteiger partial charge < -0.3 is 9.15 Å². The van der Waals surface area contributed by atoms with Gasteiger partial charge in [-0.15, -0.1) is 0 Å². The van der Waals surface area contributed by atoms with Gasteiger partial charge in [-0.2, -0.15) is 0 Å². The molecule has 1 aromatic heterocycles. The Labute approximate surface area is 141 Å². The zero-order valence-electron chi connectivity index (χ0n) is 14.7. The maximum atomic E-state index is 5.86. The van der Waals surface area contributed by atoms with E-state index >= 15 is 0 Å². The molecule has 2 aromatic rings. The average molecular weight is 317 g/mol. The highest BCUT2D eigenvalue weighted by Gasteiger charge is 2.10. The van der Waals surface area contributed by atoms with E-state index in [9.17, 15) is 0 Å². The molecule has 1 saturated heterocycles. The quantitative estimate of drug-likeness (QED) is 0.717. The van der Waals surface area contributed by atoms with Crippen molar-refractivity contribution in [1.29, 1.82) is 0 Å². The predicted molar refractivity (Wildman–Crippen MR) is 100 cm³/mol. The molecule has 0 atom stereocenters. The molecule has 23 heavy (non-hydrogen) atoms. The Morgan fingerprint density at radius 2 is 1.96 bits per heavy atom. The van der Waals surface area contributed by atoms with E-state index in [4.69, 9.17) is 9.15 Å². The summed E-state index contributed by atoms with van der Waals surface area (Å²) in [7, 11) is 0. The largest absolute Gasteiger partial charge is 0.492 e. The lowest BCUT2D eigenvalue weighted by atomic mass is 10.1. The molecule has 0 radical (unpaired) electrons. The van der Waals surface area contributed by atoms with Gasteiger partial charge in [0.1, 0.15) is 23.7 Å². The third-order valence-electron chi connectivity index (χ3n) is 4.04. The molecular formula is C20H31NO2. The smallest absolute Gasteiger partial charge is 0.138 e. The zero-order chi connectivity index (χ0) is 16.7. The Morgan fingerprint density at radius 3 is 2.65 bits per heavy atom. The second-order valence-corrected chi connectivity index (χ2v) is 5.84. The minimum atomic E-state index is 0. The van der Waals surface area contributed by atoms with Crippen LogP contribution in [0.1, 0.15) is 47.2 Å². The summed E-state index contributed by atoms with van der Waals surface area (Å²) in [5.41, 5.74) is 1.81. The molecule has 3 heteroatoms. The third-order valence-corrected chi connectivity index (χ3v) is 4.04. The van der Waals surface area contributed by atoms with E-state index in [0.717, 1.165) is 41.2 Å². The first-order valence-corrected chi connectivity index (χ1v) is 8.77. The van der Waals surface area contributed by atoms with Crippen LogP contribution in [-0.2, 0) is 0 Å². The molecule has 0 saturated carbocycles. The molecule has 1 fully saturated rings. The minimum absolute atomic E-state index is 0. The lowest BCUT2D eigenvalue weighted by molar-refractivity contribution is 0.183. The summed E-state index contributed by atoms with van der Waals surface area (Å²) in [5.74, 6) is 1.72. The number of piperidine rings is 1. The van der Waals surface area contributed by atoms with Crippen LogP contribution in [0.2, 0.25) is 0 Å². The van der Waals surface area contributed by atoms with Crippen molar-refractivity contribution in [3.63, 3.8) is 0 Å². The highest BCUT2D eigenvalue weighted by Crippen LogP contribution is 2.27. The van der Waals surface area contributed by atoms with Crippen molar-refractivity contribution in [2.45, 2.75) is 40.0 Å². The molecule has 128 valence electrons. The summed E-state index contributed by atoms with van der Waals surface area (Å²) in [5, 5.41) is 1.09. The van der Waals surface area contributed by atoms with E-state index in [0.29, 0.717) is 0 Å². The molecule has 0 spiro atoms. The highest BCUT2D eigenvalue weighted by atomic mass is 16.5.